The molecule has 0 bridgehead atoms. The van der Waals surface area contributed by atoms with Crippen molar-refractivity contribution in [2.75, 3.05) is 27.3 Å². The first-order valence-corrected chi connectivity index (χ1v) is 6.88. The van der Waals surface area contributed by atoms with Crippen LogP contribution < -0.4 is 11.1 Å². The molecule has 2 amide bonds. The summed E-state index contributed by atoms with van der Waals surface area (Å²) in [5.74, 6) is -0.221. The van der Waals surface area contributed by atoms with Crippen molar-refractivity contribution in [1.82, 2.24) is 10.2 Å². The number of nitrogens with one attached hydrogen (secondary N) is 1. The summed E-state index contributed by atoms with van der Waals surface area (Å²) in [7, 11) is 3.22. The molecule has 0 aromatic heterocycles. The molecular weight excluding hydrogens is 246 g/mol. The Morgan fingerprint density at radius 1 is 1.47 bits per heavy atom. The van der Waals surface area contributed by atoms with Gasteiger partial charge in [0.2, 0.25) is 11.8 Å². The van der Waals surface area contributed by atoms with Crippen LogP contribution in [-0.2, 0) is 14.3 Å². The number of hydrogen-bond acceptors (Lipinski definition) is 4. The number of likely N-dealkylation sites (tertiary alicyclic amines) is 1. The Labute approximate surface area is 114 Å². The number of carbonyl (C=O) groups is 2. The summed E-state index contributed by atoms with van der Waals surface area (Å²) >= 11 is 0. The first kappa shape index (κ1) is 15.9. The monoisotopic (exact) mass is 271 g/mol. The molecule has 110 valence electrons. The van der Waals surface area contributed by atoms with E-state index in [-0.39, 0.29) is 17.9 Å². The van der Waals surface area contributed by atoms with Gasteiger partial charge in [-0.3, -0.25) is 9.59 Å². The zero-order valence-electron chi connectivity index (χ0n) is 11.9. The van der Waals surface area contributed by atoms with Crippen molar-refractivity contribution < 1.29 is 14.3 Å². The summed E-state index contributed by atoms with van der Waals surface area (Å²) in [6, 6.07) is -0.903. The predicted molar refractivity (Wildman–Crippen MR) is 72.5 cm³/mol. The summed E-state index contributed by atoms with van der Waals surface area (Å²) in [5, 5.41) is 2.62. The van der Waals surface area contributed by atoms with E-state index in [4.69, 9.17) is 10.5 Å². The van der Waals surface area contributed by atoms with Gasteiger partial charge in [-0.05, 0) is 32.1 Å². The van der Waals surface area contributed by atoms with Gasteiger partial charge in [-0.1, -0.05) is 0 Å². The lowest BCUT2D eigenvalue weighted by atomic mass is 9.99. The van der Waals surface area contributed by atoms with Crippen LogP contribution in [0.2, 0.25) is 0 Å². The maximum absolute atomic E-state index is 12.3. The van der Waals surface area contributed by atoms with Gasteiger partial charge >= 0.3 is 0 Å². The third-order valence-corrected chi connectivity index (χ3v) is 3.52. The number of ether oxygens (including phenoxy) is 1. The molecule has 1 aliphatic heterocycles. The highest BCUT2D eigenvalue weighted by Gasteiger charge is 2.33. The van der Waals surface area contributed by atoms with Crippen LogP contribution in [-0.4, -0.2) is 56.1 Å². The molecule has 2 atom stereocenters. The molecule has 6 nitrogen and oxygen atoms in total. The molecule has 0 spiro atoms. The second-order valence-corrected chi connectivity index (χ2v) is 4.90. The van der Waals surface area contributed by atoms with Crippen molar-refractivity contribution in [3.63, 3.8) is 0 Å². The summed E-state index contributed by atoms with van der Waals surface area (Å²) in [6.07, 6.45) is 3.96. The molecule has 1 heterocycles. The number of piperidine rings is 1. The van der Waals surface area contributed by atoms with E-state index in [9.17, 15) is 9.59 Å². The smallest absolute Gasteiger partial charge is 0.242 e. The van der Waals surface area contributed by atoms with Crippen molar-refractivity contribution in [2.24, 2.45) is 5.73 Å². The number of nitrogens with zero attached hydrogens (tertiary/aromatic N) is 1. The van der Waals surface area contributed by atoms with E-state index in [2.05, 4.69) is 5.32 Å². The molecule has 2 unspecified atom stereocenters. The van der Waals surface area contributed by atoms with Crippen molar-refractivity contribution in [3.05, 3.63) is 0 Å². The lowest BCUT2D eigenvalue weighted by molar-refractivity contribution is -0.143. The van der Waals surface area contributed by atoms with Crippen LogP contribution in [0, 0.1) is 0 Å². The average molecular weight is 271 g/mol. The molecule has 6 heteroatoms. The zero-order valence-corrected chi connectivity index (χ0v) is 11.9. The van der Waals surface area contributed by atoms with E-state index in [0.29, 0.717) is 19.6 Å². The Hall–Kier alpha value is -1.14. The normalized spacial score (nSPS) is 21.0. The minimum Gasteiger partial charge on any atom is -0.385 e. The molecule has 0 aromatic carbocycles. The van der Waals surface area contributed by atoms with E-state index in [1.807, 2.05) is 0 Å². The maximum Gasteiger partial charge on any atom is 0.242 e. The topological polar surface area (TPSA) is 84.7 Å². The molecule has 1 rings (SSSR count). The first-order chi connectivity index (χ1) is 9.11. The van der Waals surface area contributed by atoms with Crippen molar-refractivity contribution >= 4 is 11.8 Å². The third kappa shape index (κ3) is 4.47. The van der Waals surface area contributed by atoms with Crippen molar-refractivity contribution in [1.29, 1.82) is 0 Å². The highest BCUT2D eigenvalue weighted by atomic mass is 16.5. The van der Waals surface area contributed by atoms with Gasteiger partial charge in [0.1, 0.15) is 6.04 Å². The first-order valence-electron chi connectivity index (χ1n) is 6.88. The molecule has 0 radical (unpaired) electrons. The van der Waals surface area contributed by atoms with Crippen molar-refractivity contribution in [3.8, 4) is 0 Å². The van der Waals surface area contributed by atoms with Gasteiger partial charge in [0.25, 0.3) is 0 Å². The molecule has 1 saturated heterocycles. The Bertz CT molecular complexity index is 310. The molecule has 0 aliphatic carbocycles. The van der Waals surface area contributed by atoms with Crippen LogP contribution in [0.15, 0.2) is 0 Å². The van der Waals surface area contributed by atoms with Gasteiger partial charge in [0.15, 0.2) is 0 Å². The SMILES string of the molecule is CNC(=O)C1CCCCN1C(=O)C(N)CCCOC. The zero-order chi connectivity index (χ0) is 14.3. The third-order valence-electron chi connectivity index (χ3n) is 3.52. The number of likely N-dealkylation sites (N-methyl/N-ethyl adjacent to an activating group) is 1. The molecule has 3 N–H and O–H groups in total. The average Bonchev–Trinajstić information content (AvgIpc) is 2.45. The number of rotatable bonds is 6. The number of nitrogens with two attached hydrogens (primary N) is 1. The number of carbonyl (C=O) groups excluding carboxylic acids is 2. The van der Waals surface area contributed by atoms with E-state index in [1.165, 1.54) is 0 Å². The second kappa shape index (κ2) is 8.12. The number of methoxy groups -OCH3 is 1. The van der Waals surface area contributed by atoms with Gasteiger partial charge in [0.05, 0.1) is 6.04 Å². The minimum atomic E-state index is -0.541. The number of hydrogen-bond donors (Lipinski definition) is 2. The minimum absolute atomic E-state index is 0.0999. The van der Waals surface area contributed by atoms with Crippen LogP contribution in [0.4, 0.5) is 0 Å². The molecule has 19 heavy (non-hydrogen) atoms. The fraction of sp³-hybridized carbons (Fsp3) is 0.846. The summed E-state index contributed by atoms with van der Waals surface area (Å²) in [4.78, 5) is 25.7. The van der Waals surface area contributed by atoms with E-state index < -0.39 is 6.04 Å². The Morgan fingerprint density at radius 3 is 2.84 bits per heavy atom. The van der Waals surface area contributed by atoms with E-state index in [0.717, 1.165) is 25.7 Å². The highest BCUT2D eigenvalue weighted by molar-refractivity contribution is 5.89. The quantitative estimate of drug-likeness (QED) is 0.659. The molecular formula is C13H25N3O3. The van der Waals surface area contributed by atoms with Crippen LogP contribution in [0.3, 0.4) is 0 Å². The second-order valence-electron chi connectivity index (χ2n) is 4.90. The molecule has 1 fully saturated rings. The van der Waals surface area contributed by atoms with Gasteiger partial charge in [-0.15, -0.1) is 0 Å². The summed E-state index contributed by atoms with van der Waals surface area (Å²) in [5.41, 5.74) is 5.91. The van der Waals surface area contributed by atoms with Crippen LogP contribution in [0.5, 0.6) is 0 Å². The van der Waals surface area contributed by atoms with Gasteiger partial charge in [0, 0.05) is 27.3 Å². The van der Waals surface area contributed by atoms with E-state index in [1.54, 1.807) is 19.1 Å². The van der Waals surface area contributed by atoms with Gasteiger partial charge in [-0.2, -0.15) is 0 Å². The Balaban J connectivity index is 2.58. The summed E-state index contributed by atoms with van der Waals surface area (Å²) < 4.78 is 4.95. The molecule has 1 aliphatic rings. The Morgan fingerprint density at radius 2 is 2.21 bits per heavy atom. The predicted octanol–water partition coefficient (Wildman–Crippen LogP) is -0.133. The van der Waals surface area contributed by atoms with Gasteiger partial charge < -0.3 is 20.7 Å². The molecule has 0 saturated carbocycles. The van der Waals surface area contributed by atoms with Crippen LogP contribution >= 0.6 is 0 Å². The Kier molecular flexibility index (Phi) is 6.80. The summed E-state index contributed by atoms with van der Waals surface area (Å²) in [6.45, 7) is 1.22. The van der Waals surface area contributed by atoms with Gasteiger partial charge in [-0.25, -0.2) is 0 Å². The maximum atomic E-state index is 12.3. The van der Waals surface area contributed by atoms with E-state index >= 15 is 0 Å². The number of amides is 2. The fourth-order valence-corrected chi connectivity index (χ4v) is 2.42. The molecule has 0 aromatic rings. The van der Waals surface area contributed by atoms with Crippen molar-refractivity contribution in [2.45, 2.75) is 44.2 Å². The van der Waals surface area contributed by atoms with Crippen LogP contribution in [0.25, 0.3) is 0 Å². The standard InChI is InChI=1S/C13H25N3O3/c1-15-12(17)11-7-3-4-8-16(11)13(18)10(14)6-5-9-19-2/h10-11H,3-9,14H2,1-2H3,(H,15,17). The largest absolute Gasteiger partial charge is 0.385 e. The van der Waals surface area contributed by atoms with Crippen LogP contribution in [0.1, 0.15) is 32.1 Å². The lowest BCUT2D eigenvalue weighted by Crippen LogP contribution is -2.55. The lowest BCUT2D eigenvalue weighted by Gasteiger charge is -2.36. The highest BCUT2D eigenvalue weighted by Crippen LogP contribution is 2.18. The fourth-order valence-electron chi connectivity index (χ4n) is 2.42.